The van der Waals surface area contributed by atoms with Gasteiger partial charge in [0.2, 0.25) is 0 Å². The molecule has 6 nitrogen and oxygen atoms in total. The van der Waals surface area contributed by atoms with E-state index in [0.717, 1.165) is 46.5 Å². The van der Waals surface area contributed by atoms with Gasteiger partial charge in [0.25, 0.3) is 0 Å². The van der Waals surface area contributed by atoms with Crippen LogP contribution in [0, 0.1) is 6.92 Å². The molecule has 0 N–H and O–H groups in total. The van der Waals surface area contributed by atoms with Gasteiger partial charge in [-0.05, 0) is 122 Å². The minimum absolute atomic E-state index is 0.439. The van der Waals surface area contributed by atoms with Crippen molar-refractivity contribution in [1.29, 1.82) is 0 Å². The summed E-state index contributed by atoms with van der Waals surface area (Å²) in [6.45, 7) is 2.01. The Morgan fingerprint density at radius 1 is 0.367 bits per heavy atom. The maximum atomic E-state index is 13.7. The van der Waals surface area contributed by atoms with Crippen molar-refractivity contribution in [3.63, 3.8) is 0 Å². The number of benzene rings is 7. The summed E-state index contributed by atoms with van der Waals surface area (Å²) in [4.78, 5) is 15.3. The topological polar surface area (TPSA) is 53.5 Å². The Morgan fingerprint density at radius 3 is 0.950 bits per heavy atom. The monoisotopic (exact) mass is 804 g/mol. The molecule has 0 saturated heterocycles. The molecule has 7 aromatic carbocycles. The van der Waals surface area contributed by atoms with Crippen LogP contribution >= 0.6 is 0 Å². The normalized spacial score (nSPS) is 12.2. The number of aryl methyl sites for hydroxylation is 1. The summed E-state index contributed by atoms with van der Waals surface area (Å²) in [6, 6.07) is 46.3. The first-order chi connectivity index (χ1) is 28.9. The lowest BCUT2D eigenvalue weighted by molar-refractivity contribution is -0.138. The van der Waals surface area contributed by atoms with Crippen molar-refractivity contribution >= 4 is 33.1 Å². The predicted octanol–water partition coefficient (Wildman–Crippen LogP) is 13.1. The minimum Gasteiger partial charge on any atom is -0.292 e. The quantitative estimate of drug-likeness (QED) is 0.157. The molecule has 0 unspecified atom stereocenters. The van der Waals surface area contributed by atoms with Gasteiger partial charge in [-0.15, -0.1) is 0 Å². The number of alkyl halides is 6. The highest BCUT2D eigenvalue weighted by molar-refractivity contribution is 5.90. The van der Waals surface area contributed by atoms with Crippen LogP contribution in [0.2, 0.25) is 0 Å². The molecular weight excluding hydrogens is 775 g/mol. The number of hydrogen-bond donors (Lipinski definition) is 0. The fraction of sp³-hybridized carbons (Fsp3) is 0.0625. The number of hydrogen-bond acceptors (Lipinski definition) is 3. The summed E-state index contributed by atoms with van der Waals surface area (Å²) >= 11 is 0. The van der Waals surface area contributed by atoms with Crippen molar-refractivity contribution in [2.75, 3.05) is 0 Å². The highest BCUT2D eigenvalue weighted by Gasteiger charge is 2.31. The molecule has 0 aliphatic heterocycles. The fourth-order valence-corrected chi connectivity index (χ4v) is 7.75. The second-order valence-electron chi connectivity index (χ2n) is 14.5. The van der Waals surface area contributed by atoms with Gasteiger partial charge in [-0.2, -0.15) is 26.3 Å². The predicted molar refractivity (Wildman–Crippen MR) is 221 cm³/mol. The minimum atomic E-state index is -4.52. The molecule has 0 spiro atoms. The third kappa shape index (κ3) is 6.37. The van der Waals surface area contributed by atoms with Crippen molar-refractivity contribution in [3.8, 4) is 51.2 Å². The average Bonchev–Trinajstić information content (AvgIpc) is 3.96. The van der Waals surface area contributed by atoms with Crippen molar-refractivity contribution in [3.05, 3.63) is 180 Å². The Labute approximate surface area is 338 Å². The van der Waals surface area contributed by atoms with E-state index in [1.54, 1.807) is 0 Å². The van der Waals surface area contributed by atoms with E-state index in [4.69, 9.17) is 15.0 Å². The van der Waals surface area contributed by atoms with Crippen LogP contribution in [0.3, 0.4) is 0 Å². The zero-order valence-corrected chi connectivity index (χ0v) is 31.5. The zero-order valence-electron chi connectivity index (χ0n) is 31.5. The first-order valence-corrected chi connectivity index (χ1v) is 18.9. The van der Waals surface area contributed by atoms with Crippen LogP contribution in [0.5, 0.6) is 0 Å². The van der Waals surface area contributed by atoms with Crippen molar-refractivity contribution in [2.24, 2.45) is 0 Å². The van der Waals surface area contributed by atoms with Gasteiger partial charge in [-0.3, -0.25) is 13.7 Å². The SMILES string of the molecule is Cc1ccc(-n2c(-c3cc(-c4nc5ccccc5n4-c4ccc(C(F)(F)F)cc4)cc(-c4nc5ccccc5n4-c4ccc(C(F)(F)F)cc4)c3)nc3ccccc32)cc1. The van der Waals surface area contributed by atoms with Gasteiger partial charge >= 0.3 is 12.4 Å². The largest absolute Gasteiger partial charge is 0.416 e. The lowest BCUT2D eigenvalue weighted by Crippen LogP contribution is -2.06. The Balaban J connectivity index is 1.28. The van der Waals surface area contributed by atoms with Crippen LogP contribution in [0.25, 0.3) is 84.3 Å². The third-order valence-corrected chi connectivity index (χ3v) is 10.6. The number of para-hydroxylation sites is 6. The Kier molecular flexibility index (Phi) is 8.49. The van der Waals surface area contributed by atoms with E-state index >= 15 is 0 Å². The number of halogens is 6. The van der Waals surface area contributed by atoms with Gasteiger partial charge in [0.05, 0.1) is 44.2 Å². The molecule has 0 aliphatic carbocycles. The van der Waals surface area contributed by atoms with Crippen molar-refractivity contribution < 1.29 is 26.3 Å². The first-order valence-electron chi connectivity index (χ1n) is 18.9. The molecular formula is C48H30F6N6. The van der Waals surface area contributed by atoms with Crippen LogP contribution in [-0.4, -0.2) is 28.7 Å². The van der Waals surface area contributed by atoms with Crippen LogP contribution in [0.4, 0.5) is 26.3 Å². The number of nitrogens with zero attached hydrogens (tertiary/aromatic N) is 6. The van der Waals surface area contributed by atoms with Crippen molar-refractivity contribution in [1.82, 2.24) is 28.7 Å². The summed E-state index contributed by atoms with van der Waals surface area (Å²) < 4.78 is 88.2. The van der Waals surface area contributed by atoms with Gasteiger partial charge < -0.3 is 0 Å². The number of rotatable bonds is 6. The molecule has 10 rings (SSSR count). The lowest BCUT2D eigenvalue weighted by Gasteiger charge is -2.16. The average molecular weight is 805 g/mol. The maximum Gasteiger partial charge on any atom is 0.416 e. The van der Waals surface area contributed by atoms with Gasteiger partial charge in [-0.25, -0.2) is 15.0 Å². The van der Waals surface area contributed by atoms with E-state index in [9.17, 15) is 26.3 Å². The molecule has 0 bridgehead atoms. The summed E-state index contributed by atoms with van der Waals surface area (Å²) in [6.07, 6.45) is -9.05. The molecule has 0 aliphatic rings. The van der Waals surface area contributed by atoms with Gasteiger partial charge in [-0.1, -0.05) is 54.1 Å². The Morgan fingerprint density at radius 2 is 0.650 bits per heavy atom. The molecule has 3 heterocycles. The molecule has 10 aromatic rings. The fourth-order valence-electron chi connectivity index (χ4n) is 7.75. The van der Waals surface area contributed by atoms with Gasteiger partial charge in [0, 0.05) is 33.8 Å². The van der Waals surface area contributed by atoms with E-state index in [0.29, 0.717) is 67.6 Å². The number of imidazole rings is 3. The first kappa shape index (κ1) is 36.8. The molecule has 0 fully saturated rings. The molecule has 60 heavy (non-hydrogen) atoms. The highest BCUT2D eigenvalue weighted by Crippen LogP contribution is 2.40. The summed E-state index contributed by atoms with van der Waals surface area (Å²) in [5, 5.41) is 0. The number of aromatic nitrogens is 6. The summed E-state index contributed by atoms with van der Waals surface area (Å²) in [5.41, 5.74) is 7.32. The molecule has 0 saturated carbocycles. The second-order valence-corrected chi connectivity index (χ2v) is 14.5. The smallest absolute Gasteiger partial charge is 0.292 e. The molecule has 3 aromatic heterocycles. The second kappa shape index (κ2) is 13.8. The Bertz CT molecular complexity index is 3070. The van der Waals surface area contributed by atoms with Crippen LogP contribution in [0.1, 0.15) is 16.7 Å². The van der Waals surface area contributed by atoms with E-state index < -0.39 is 23.5 Å². The molecule has 12 heteroatoms. The van der Waals surface area contributed by atoms with Gasteiger partial charge in [0.15, 0.2) is 0 Å². The number of fused-ring (bicyclic) bond motifs is 3. The third-order valence-electron chi connectivity index (χ3n) is 10.6. The summed E-state index contributed by atoms with van der Waals surface area (Å²) in [7, 11) is 0. The lowest BCUT2D eigenvalue weighted by atomic mass is 10.0. The maximum absolute atomic E-state index is 13.7. The molecule has 294 valence electrons. The zero-order chi connectivity index (χ0) is 41.3. The Hall–Kier alpha value is -7.47. The molecule has 0 amide bonds. The molecule has 0 atom stereocenters. The van der Waals surface area contributed by atoms with Crippen LogP contribution in [0.15, 0.2) is 164 Å². The van der Waals surface area contributed by atoms with Gasteiger partial charge in [0.1, 0.15) is 17.5 Å². The van der Waals surface area contributed by atoms with Crippen molar-refractivity contribution in [2.45, 2.75) is 19.3 Å². The van der Waals surface area contributed by atoms with E-state index in [1.807, 2.05) is 131 Å². The highest BCUT2D eigenvalue weighted by atomic mass is 19.4. The summed E-state index contributed by atoms with van der Waals surface area (Å²) in [5.74, 6) is 1.47. The van der Waals surface area contributed by atoms with Crippen LogP contribution in [-0.2, 0) is 12.4 Å². The van der Waals surface area contributed by atoms with E-state index in [1.165, 1.54) is 24.3 Å². The van der Waals surface area contributed by atoms with Crippen LogP contribution < -0.4 is 0 Å². The van der Waals surface area contributed by atoms with E-state index in [-0.39, 0.29) is 0 Å². The standard InChI is InChI=1S/C48H30F6N6/c1-29-14-20-35(21-15-29)58-41-11-5-2-8-38(41)55-44(58)30-26-31(45-56-39-9-3-6-12-42(39)59(45)36-22-16-33(17-23-36)47(49,50)51)28-32(27-30)46-57-40-10-4-7-13-43(40)60(46)37-24-18-34(19-25-37)48(52,53)54/h2-28H,1H3. The van der Waals surface area contributed by atoms with E-state index in [2.05, 4.69) is 4.57 Å². The molecule has 0 radical (unpaired) electrons.